The van der Waals surface area contributed by atoms with Gasteiger partial charge in [0.05, 0.1) is 22.8 Å². The molecule has 1 aromatic heterocycles. The van der Waals surface area contributed by atoms with E-state index in [4.69, 9.17) is 45.4 Å². The number of pyridine rings is 1. The van der Waals surface area contributed by atoms with Crippen LogP contribution in [-0.4, -0.2) is 16.9 Å². The predicted molar refractivity (Wildman–Crippen MR) is 93.6 cm³/mol. The Morgan fingerprint density at radius 3 is 2.31 bits per heavy atom. The summed E-state index contributed by atoms with van der Waals surface area (Å²) < 4.78 is 41.7. The Labute approximate surface area is 161 Å². The van der Waals surface area contributed by atoms with Gasteiger partial charge in [-0.3, -0.25) is 4.98 Å². The molecule has 2 heterocycles. The Kier molecular flexibility index (Phi) is 5.09. The molecule has 138 valence electrons. The van der Waals surface area contributed by atoms with E-state index in [0.29, 0.717) is 11.3 Å². The molecule has 0 fully saturated rings. The van der Waals surface area contributed by atoms with E-state index < -0.39 is 18.2 Å². The first-order chi connectivity index (χ1) is 12.2. The van der Waals surface area contributed by atoms with E-state index in [9.17, 15) is 13.2 Å². The van der Waals surface area contributed by atoms with E-state index in [1.54, 1.807) is 0 Å². The lowest BCUT2D eigenvalue weighted by molar-refractivity contribution is -0.275. The molecular formula is C16H11Cl3F3N3O. The monoisotopic (exact) mass is 423 g/mol. The van der Waals surface area contributed by atoms with Gasteiger partial charge in [0.15, 0.2) is 0 Å². The summed E-state index contributed by atoms with van der Waals surface area (Å²) >= 11 is 17.8. The van der Waals surface area contributed by atoms with Crippen LogP contribution in [0, 0.1) is 0 Å². The zero-order chi connectivity index (χ0) is 19.1. The van der Waals surface area contributed by atoms with Crippen molar-refractivity contribution in [3.8, 4) is 0 Å². The SMILES string of the molecule is NCc1ncc(C2=NOC(c3cc(Cl)cc(Cl)c3)(C(F)(F)F)C2)cc1Cl. The fraction of sp³-hybridized carbons (Fsp3) is 0.250. The van der Waals surface area contributed by atoms with E-state index in [0.717, 1.165) is 12.1 Å². The van der Waals surface area contributed by atoms with Crippen LogP contribution in [0.3, 0.4) is 0 Å². The van der Waals surface area contributed by atoms with Crippen LogP contribution in [0.15, 0.2) is 35.6 Å². The summed E-state index contributed by atoms with van der Waals surface area (Å²) in [6.07, 6.45) is -3.98. The third kappa shape index (κ3) is 3.36. The number of oxime groups is 1. The highest BCUT2D eigenvalue weighted by Gasteiger charge is 2.62. The van der Waals surface area contributed by atoms with Crippen LogP contribution in [0.1, 0.15) is 23.2 Å². The highest BCUT2D eigenvalue weighted by atomic mass is 35.5. The van der Waals surface area contributed by atoms with Crippen LogP contribution in [0.25, 0.3) is 0 Å². The summed E-state index contributed by atoms with van der Waals surface area (Å²) in [7, 11) is 0. The Morgan fingerprint density at radius 2 is 1.77 bits per heavy atom. The number of aromatic nitrogens is 1. The van der Waals surface area contributed by atoms with Crippen LogP contribution in [0.2, 0.25) is 15.1 Å². The van der Waals surface area contributed by atoms with Gasteiger partial charge in [0.25, 0.3) is 5.60 Å². The van der Waals surface area contributed by atoms with E-state index in [2.05, 4.69) is 10.1 Å². The molecule has 0 radical (unpaired) electrons. The highest BCUT2D eigenvalue weighted by molar-refractivity contribution is 6.34. The van der Waals surface area contributed by atoms with Crippen LogP contribution in [0.4, 0.5) is 13.2 Å². The number of hydrogen-bond acceptors (Lipinski definition) is 4. The zero-order valence-electron chi connectivity index (χ0n) is 12.9. The molecule has 26 heavy (non-hydrogen) atoms. The molecule has 1 aromatic carbocycles. The Bertz CT molecular complexity index is 869. The Balaban J connectivity index is 2.02. The van der Waals surface area contributed by atoms with Crippen molar-refractivity contribution in [2.75, 3.05) is 0 Å². The second kappa shape index (κ2) is 6.88. The van der Waals surface area contributed by atoms with E-state index >= 15 is 0 Å². The molecular weight excluding hydrogens is 414 g/mol. The molecule has 0 spiro atoms. The van der Waals surface area contributed by atoms with Gasteiger partial charge < -0.3 is 10.6 Å². The number of nitrogens with two attached hydrogens (primary N) is 1. The van der Waals surface area contributed by atoms with Gasteiger partial charge in [-0.15, -0.1) is 0 Å². The lowest BCUT2D eigenvalue weighted by Gasteiger charge is -2.29. The first-order valence-corrected chi connectivity index (χ1v) is 8.43. The quantitative estimate of drug-likeness (QED) is 0.747. The van der Waals surface area contributed by atoms with Crippen LogP contribution in [0.5, 0.6) is 0 Å². The summed E-state index contributed by atoms with van der Waals surface area (Å²) in [4.78, 5) is 8.95. The average Bonchev–Trinajstić information content (AvgIpc) is 3.00. The van der Waals surface area contributed by atoms with Gasteiger partial charge in [0, 0.05) is 33.9 Å². The van der Waals surface area contributed by atoms with Crippen molar-refractivity contribution in [3.05, 3.63) is 62.4 Å². The van der Waals surface area contributed by atoms with E-state index in [-0.39, 0.29) is 32.9 Å². The minimum Gasteiger partial charge on any atom is -0.374 e. The van der Waals surface area contributed by atoms with E-state index in [1.807, 2.05) is 0 Å². The molecule has 0 bridgehead atoms. The van der Waals surface area contributed by atoms with Gasteiger partial charge >= 0.3 is 6.18 Å². The molecule has 0 amide bonds. The number of halogens is 6. The lowest BCUT2D eigenvalue weighted by Crippen LogP contribution is -2.42. The molecule has 0 aliphatic carbocycles. The van der Waals surface area contributed by atoms with Crippen LogP contribution in [-0.2, 0) is 17.0 Å². The van der Waals surface area contributed by atoms with Crippen molar-refractivity contribution < 1.29 is 18.0 Å². The largest absolute Gasteiger partial charge is 0.435 e. The lowest BCUT2D eigenvalue weighted by atomic mass is 9.87. The Morgan fingerprint density at radius 1 is 1.12 bits per heavy atom. The van der Waals surface area contributed by atoms with Crippen LogP contribution >= 0.6 is 34.8 Å². The van der Waals surface area contributed by atoms with Crippen molar-refractivity contribution in [3.63, 3.8) is 0 Å². The normalized spacial score (nSPS) is 20.0. The molecule has 1 aliphatic rings. The summed E-state index contributed by atoms with van der Waals surface area (Å²) in [6, 6.07) is 5.10. The number of rotatable bonds is 3. The van der Waals surface area contributed by atoms with Gasteiger partial charge in [-0.1, -0.05) is 40.0 Å². The van der Waals surface area contributed by atoms with Crippen molar-refractivity contribution in [1.29, 1.82) is 0 Å². The molecule has 1 atom stereocenters. The molecule has 3 rings (SSSR count). The topological polar surface area (TPSA) is 60.5 Å². The maximum Gasteiger partial charge on any atom is 0.435 e. The minimum atomic E-state index is -4.76. The molecule has 4 nitrogen and oxygen atoms in total. The van der Waals surface area contributed by atoms with Crippen molar-refractivity contribution >= 4 is 40.5 Å². The summed E-state index contributed by atoms with van der Waals surface area (Å²) in [5.41, 5.74) is 3.34. The first kappa shape index (κ1) is 19.2. The maximum atomic E-state index is 13.9. The van der Waals surface area contributed by atoms with Crippen molar-refractivity contribution in [2.45, 2.75) is 24.7 Å². The number of hydrogen-bond donors (Lipinski definition) is 1. The predicted octanol–water partition coefficient (Wildman–Crippen LogP) is 5.08. The second-order valence-corrected chi connectivity index (χ2v) is 6.93. The number of alkyl halides is 3. The summed E-state index contributed by atoms with van der Waals surface area (Å²) in [5.74, 6) is 0. The summed E-state index contributed by atoms with van der Waals surface area (Å²) in [5, 5.41) is 4.00. The molecule has 0 saturated carbocycles. The first-order valence-electron chi connectivity index (χ1n) is 7.29. The standard InChI is InChI=1S/C16H11Cl3F3N3O/c17-10-2-9(3-11(18)4-10)15(16(20,21)22)5-13(25-26-15)8-1-12(19)14(6-23)24-7-8/h1-4,7H,5-6,23H2. The Hall–Kier alpha value is -1.54. The molecule has 0 saturated heterocycles. The summed E-state index contributed by atoms with van der Waals surface area (Å²) in [6.45, 7) is 0.107. The maximum absolute atomic E-state index is 13.9. The van der Waals surface area contributed by atoms with Crippen molar-refractivity contribution in [1.82, 2.24) is 4.98 Å². The average molecular weight is 425 g/mol. The number of nitrogens with zero attached hydrogens (tertiary/aromatic N) is 2. The molecule has 1 aliphatic heterocycles. The third-order valence-electron chi connectivity index (χ3n) is 3.96. The zero-order valence-corrected chi connectivity index (χ0v) is 15.2. The molecule has 2 aromatic rings. The van der Waals surface area contributed by atoms with Gasteiger partial charge in [0.1, 0.15) is 0 Å². The van der Waals surface area contributed by atoms with Gasteiger partial charge in [-0.2, -0.15) is 13.2 Å². The van der Waals surface area contributed by atoms with Crippen molar-refractivity contribution in [2.24, 2.45) is 10.9 Å². The van der Waals surface area contributed by atoms with E-state index in [1.165, 1.54) is 18.3 Å². The third-order valence-corrected chi connectivity index (χ3v) is 4.72. The molecule has 2 N–H and O–H groups in total. The fourth-order valence-electron chi connectivity index (χ4n) is 2.62. The number of benzene rings is 1. The minimum absolute atomic E-state index is 0.0522. The van der Waals surface area contributed by atoms with Gasteiger partial charge in [0.2, 0.25) is 0 Å². The molecule has 10 heteroatoms. The van der Waals surface area contributed by atoms with Gasteiger partial charge in [-0.25, -0.2) is 0 Å². The van der Waals surface area contributed by atoms with Crippen LogP contribution < -0.4 is 5.73 Å². The highest BCUT2D eigenvalue weighted by Crippen LogP contribution is 2.49. The molecule has 1 unspecified atom stereocenters. The smallest absolute Gasteiger partial charge is 0.374 e. The second-order valence-electron chi connectivity index (χ2n) is 5.65. The fourth-order valence-corrected chi connectivity index (χ4v) is 3.39. The van der Waals surface area contributed by atoms with Gasteiger partial charge in [-0.05, 0) is 24.3 Å².